The van der Waals surface area contributed by atoms with Gasteiger partial charge in [-0.3, -0.25) is 14.4 Å². The maximum absolute atomic E-state index is 10.5. The molecule has 0 aliphatic heterocycles. The molecule has 0 aromatic heterocycles. The minimum Gasteiger partial charge on any atom is -0.295 e. The Morgan fingerprint density at radius 3 is 1.71 bits per heavy atom. The third kappa shape index (κ3) is 8.93. The van der Waals surface area contributed by atoms with Gasteiger partial charge in [0, 0.05) is 13.8 Å². The molecular weight excluding hydrogens is 216 g/mol. The molecule has 0 atom stereocenters. The maximum Gasteiger partial charge on any atom is 0.195 e. The minimum absolute atomic E-state index is 0.0776. The fourth-order valence-electron chi connectivity index (χ4n) is 0.778. The van der Waals surface area contributed by atoms with Crippen LogP contribution in [0.1, 0.15) is 26.3 Å². The van der Waals surface area contributed by atoms with E-state index in [9.17, 15) is 14.4 Å². The second-order valence-electron chi connectivity index (χ2n) is 3.47. The first-order valence-electron chi connectivity index (χ1n) is 5.18. The summed E-state index contributed by atoms with van der Waals surface area (Å²) in [6, 6.07) is 9.75. The van der Waals surface area contributed by atoms with Crippen LogP contribution in [0.2, 0.25) is 0 Å². The third-order valence-electron chi connectivity index (χ3n) is 1.81. The van der Waals surface area contributed by atoms with E-state index in [1.807, 2.05) is 36.4 Å². The van der Waals surface area contributed by atoms with Gasteiger partial charge in [0.1, 0.15) is 0 Å². The summed E-state index contributed by atoms with van der Waals surface area (Å²) in [5.41, 5.74) is 1.06. The van der Waals surface area contributed by atoms with E-state index in [4.69, 9.17) is 0 Å². The molecule has 3 nitrogen and oxygen atoms in total. The summed E-state index contributed by atoms with van der Waals surface area (Å²) in [7, 11) is 0. The SMILES string of the molecule is CC(=O)C(C)=O.CC(=O)C=Cc1ccccc1. The van der Waals surface area contributed by atoms with Crippen LogP contribution in [0.25, 0.3) is 6.08 Å². The smallest absolute Gasteiger partial charge is 0.195 e. The Balaban J connectivity index is 0.000000366. The molecule has 90 valence electrons. The molecule has 17 heavy (non-hydrogen) atoms. The molecule has 0 saturated carbocycles. The standard InChI is InChI=1S/C10H10O.C4H6O2/c1-9(11)7-8-10-5-3-2-4-6-10;1-3(5)4(2)6/h2-8H,1H3;1-2H3. The summed E-state index contributed by atoms with van der Waals surface area (Å²) >= 11 is 0. The van der Waals surface area contributed by atoms with Gasteiger partial charge in [-0.1, -0.05) is 36.4 Å². The second-order valence-corrected chi connectivity index (χ2v) is 3.47. The highest BCUT2D eigenvalue weighted by atomic mass is 16.2. The molecule has 0 heterocycles. The first kappa shape index (κ1) is 15.0. The summed E-state index contributed by atoms with van der Waals surface area (Å²) in [6.45, 7) is 4.05. The predicted molar refractivity (Wildman–Crippen MR) is 67.5 cm³/mol. The normalized spacial score (nSPS) is 9.35. The van der Waals surface area contributed by atoms with Gasteiger partial charge in [0.05, 0.1) is 0 Å². The van der Waals surface area contributed by atoms with Gasteiger partial charge in [0.25, 0.3) is 0 Å². The van der Waals surface area contributed by atoms with Crippen molar-refractivity contribution in [3.63, 3.8) is 0 Å². The Bertz CT molecular complexity index is 404. The van der Waals surface area contributed by atoms with Crippen LogP contribution in [0.5, 0.6) is 0 Å². The molecule has 0 spiro atoms. The van der Waals surface area contributed by atoms with Crippen molar-refractivity contribution in [1.29, 1.82) is 0 Å². The lowest BCUT2D eigenvalue weighted by Gasteiger charge is -1.88. The van der Waals surface area contributed by atoms with Gasteiger partial charge in [-0.15, -0.1) is 0 Å². The van der Waals surface area contributed by atoms with Crippen molar-refractivity contribution < 1.29 is 14.4 Å². The van der Waals surface area contributed by atoms with E-state index in [1.165, 1.54) is 13.8 Å². The number of hydrogen-bond acceptors (Lipinski definition) is 3. The molecule has 0 aliphatic rings. The fraction of sp³-hybridized carbons (Fsp3) is 0.214. The van der Waals surface area contributed by atoms with Crippen molar-refractivity contribution in [2.75, 3.05) is 0 Å². The third-order valence-corrected chi connectivity index (χ3v) is 1.81. The topological polar surface area (TPSA) is 51.2 Å². The maximum atomic E-state index is 10.5. The summed E-state index contributed by atoms with van der Waals surface area (Å²) in [6.07, 6.45) is 3.37. The van der Waals surface area contributed by atoms with E-state index in [1.54, 1.807) is 13.0 Å². The average Bonchev–Trinajstić information content (AvgIpc) is 2.28. The molecule has 3 heteroatoms. The molecule has 0 fully saturated rings. The van der Waals surface area contributed by atoms with Crippen LogP contribution < -0.4 is 0 Å². The van der Waals surface area contributed by atoms with E-state index in [0.717, 1.165) is 5.56 Å². The van der Waals surface area contributed by atoms with Gasteiger partial charge in [-0.25, -0.2) is 0 Å². The highest BCUT2D eigenvalue weighted by molar-refractivity contribution is 6.35. The lowest BCUT2D eigenvalue weighted by Crippen LogP contribution is -2.01. The summed E-state index contributed by atoms with van der Waals surface area (Å²) < 4.78 is 0. The number of ketones is 3. The molecular formula is C14H16O3. The van der Waals surface area contributed by atoms with Gasteiger partial charge in [0.15, 0.2) is 17.3 Å². The van der Waals surface area contributed by atoms with Gasteiger partial charge in [0.2, 0.25) is 0 Å². The lowest BCUT2D eigenvalue weighted by atomic mass is 10.2. The molecule has 1 rings (SSSR count). The number of hydrogen-bond donors (Lipinski definition) is 0. The summed E-state index contributed by atoms with van der Waals surface area (Å²) in [5, 5.41) is 0. The van der Waals surface area contributed by atoms with Crippen LogP contribution in [-0.2, 0) is 14.4 Å². The van der Waals surface area contributed by atoms with Crippen molar-refractivity contribution >= 4 is 23.4 Å². The van der Waals surface area contributed by atoms with E-state index >= 15 is 0 Å². The summed E-state index contributed by atoms with van der Waals surface area (Å²) in [4.78, 5) is 30.1. The molecule has 1 aromatic rings. The Hall–Kier alpha value is -2.03. The van der Waals surface area contributed by atoms with Crippen molar-refractivity contribution in [3.05, 3.63) is 42.0 Å². The zero-order chi connectivity index (χ0) is 13.3. The number of Topliss-reactive ketones (excluding diaryl/α,β-unsaturated/α-hetero) is 2. The van der Waals surface area contributed by atoms with E-state index in [-0.39, 0.29) is 17.3 Å². The quantitative estimate of drug-likeness (QED) is 0.594. The van der Waals surface area contributed by atoms with Crippen molar-refractivity contribution in [2.24, 2.45) is 0 Å². The zero-order valence-corrected chi connectivity index (χ0v) is 10.3. The molecule has 0 amide bonds. The highest BCUT2D eigenvalue weighted by Gasteiger charge is 1.94. The number of rotatable bonds is 3. The average molecular weight is 232 g/mol. The van der Waals surface area contributed by atoms with Crippen LogP contribution in [-0.4, -0.2) is 17.3 Å². The number of allylic oxidation sites excluding steroid dienone is 1. The van der Waals surface area contributed by atoms with Gasteiger partial charge >= 0.3 is 0 Å². The Kier molecular flexibility index (Phi) is 7.19. The molecule has 0 saturated heterocycles. The highest BCUT2D eigenvalue weighted by Crippen LogP contribution is 2.00. The van der Waals surface area contributed by atoms with E-state index in [2.05, 4.69) is 0 Å². The van der Waals surface area contributed by atoms with Gasteiger partial charge < -0.3 is 0 Å². The van der Waals surface area contributed by atoms with Crippen LogP contribution in [0.15, 0.2) is 36.4 Å². The van der Waals surface area contributed by atoms with Crippen LogP contribution in [0, 0.1) is 0 Å². The van der Waals surface area contributed by atoms with Crippen molar-refractivity contribution in [3.8, 4) is 0 Å². The second kappa shape index (κ2) is 8.16. The molecule has 0 unspecified atom stereocenters. The largest absolute Gasteiger partial charge is 0.295 e. The molecule has 1 aromatic carbocycles. The van der Waals surface area contributed by atoms with Crippen LogP contribution in [0.4, 0.5) is 0 Å². The Morgan fingerprint density at radius 1 is 0.882 bits per heavy atom. The first-order chi connectivity index (χ1) is 7.93. The first-order valence-corrected chi connectivity index (χ1v) is 5.18. The van der Waals surface area contributed by atoms with E-state index in [0.29, 0.717) is 0 Å². The lowest BCUT2D eigenvalue weighted by molar-refractivity contribution is -0.134. The molecule has 0 radical (unpaired) electrons. The zero-order valence-electron chi connectivity index (χ0n) is 10.3. The summed E-state index contributed by atoms with van der Waals surface area (Å²) in [5.74, 6) is -0.682. The molecule has 0 N–H and O–H groups in total. The monoisotopic (exact) mass is 232 g/mol. The number of carbonyl (C=O) groups excluding carboxylic acids is 3. The van der Waals surface area contributed by atoms with E-state index < -0.39 is 0 Å². The van der Waals surface area contributed by atoms with Crippen molar-refractivity contribution in [1.82, 2.24) is 0 Å². The van der Waals surface area contributed by atoms with Crippen LogP contribution in [0.3, 0.4) is 0 Å². The molecule has 0 aliphatic carbocycles. The Labute approximate surface area is 101 Å². The fourth-order valence-corrected chi connectivity index (χ4v) is 0.778. The number of benzene rings is 1. The van der Waals surface area contributed by atoms with Gasteiger partial charge in [-0.2, -0.15) is 0 Å². The number of carbonyl (C=O) groups is 3. The minimum atomic E-state index is -0.380. The Morgan fingerprint density at radius 2 is 1.35 bits per heavy atom. The van der Waals surface area contributed by atoms with Crippen LogP contribution >= 0.6 is 0 Å². The molecule has 0 bridgehead atoms. The predicted octanol–water partition coefficient (Wildman–Crippen LogP) is 2.45. The van der Waals surface area contributed by atoms with Gasteiger partial charge in [-0.05, 0) is 18.6 Å². The van der Waals surface area contributed by atoms with Crippen molar-refractivity contribution in [2.45, 2.75) is 20.8 Å².